The first-order valence-electron chi connectivity index (χ1n) is 7.65. The van der Waals surface area contributed by atoms with E-state index in [1.165, 1.54) is 4.31 Å². The standard InChI is InChI=1S/C16H17F2N3O3S/c1-19-5-4-12(11-19)16(22)20-6-8-21(9-7-20)25(23,24)13-2-3-14(17)15(18)10-13/h2-5,10-11H,6-9H2,1H3. The van der Waals surface area contributed by atoms with Crippen molar-refractivity contribution in [1.82, 2.24) is 13.8 Å². The average molecular weight is 369 g/mol. The number of carbonyl (C=O) groups is 1. The van der Waals surface area contributed by atoms with Crippen LogP contribution >= 0.6 is 0 Å². The predicted octanol–water partition coefficient (Wildman–Crippen LogP) is 1.45. The monoisotopic (exact) mass is 369 g/mol. The fraction of sp³-hybridized carbons (Fsp3) is 0.312. The third-order valence-corrected chi connectivity index (χ3v) is 6.03. The third-order valence-electron chi connectivity index (χ3n) is 4.13. The molecule has 0 unspecified atom stereocenters. The van der Waals surface area contributed by atoms with Crippen molar-refractivity contribution in [2.24, 2.45) is 7.05 Å². The first kappa shape index (κ1) is 17.6. The summed E-state index contributed by atoms with van der Waals surface area (Å²) in [6, 6.07) is 4.20. The first-order chi connectivity index (χ1) is 11.8. The van der Waals surface area contributed by atoms with Crippen molar-refractivity contribution in [1.29, 1.82) is 0 Å². The van der Waals surface area contributed by atoms with E-state index >= 15 is 0 Å². The Labute approximate surface area is 144 Å². The number of amides is 1. The van der Waals surface area contributed by atoms with Gasteiger partial charge < -0.3 is 9.47 Å². The Bertz CT molecular complexity index is 903. The molecule has 1 fully saturated rings. The molecule has 0 saturated carbocycles. The molecule has 134 valence electrons. The van der Waals surface area contributed by atoms with Crippen LogP contribution < -0.4 is 0 Å². The maximum atomic E-state index is 13.3. The molecule has 1 amide bonds. The molecular weight excluding hydrogens is 352 g/mol. The average Bonchev–Trinajstić information content (AvgIpc) is 3.03. The van der Waals surface area contributed by atoms with Crippen molar-refractivity contribution in [2.45, 2.75) is 4.90 Å². The molecule has 2 heterocycles. The van der Waals surface area contributed by atoms with Crippen LogP contribution in [0, 0.1) is 11.6 Å². The van der Waals surface area contributed by atoms with Crippen molar-refractivity contribution in [3.8, 4) is 0 Å². The molecule has 0 radical (unpaired) electrons. The van der Waals surface area contributed by atoms with Gasteiger partial charge in [0, 0.05) is 45.6 Å². The van der Waals surface area contributed by atoms with Gasteiger partial charge in [0.05, 0.1) is 10.5 Å². The van der Waals surface area contributed by atoms with Crippen LogP contribution in [0.25, 0.3) is 0 Å². The van der Waals surface area contributed by atoms with Gasteiger partial charge in [-0.1, -0.05) is 0 Å². The second kappa shape index (κ2) is 6.57. The van der Waals surface area contributed by atoms with Crippen LogP contribution in [0.2, 0.25) is 0 Å². The molecule has 25 heavy (non-hydrogen) atoms. The third kappa shape index (κ3) is 3.42. The maximum Gasteiger partial charge on any atom is 0.255 e. The van der Waals surface area contributed by atoms with Gasteiger partial charge in [-0.15, -0.1) is 0 Å². The van der Waals surface area contributed by atoms with Gasteiger partial charge in [-0.2, -0.15) is 4.31 Å². The van der Waals surface area contributed by atoms with Crippen molar-refractivity contribution in [3.63, 3.8) is 0 Å². The second-order valence-corrected chi connectivity index (χ2v) is 7.78. The van der Waals surface area contributed by atoms with Crippen molar-refractivity contribution < 1.29 is 22.0 Å². The zero-order chi connectivity index (χ0) is 18.2. The molecule has 1 aromatic heterocycles. The Morgan fingerprint density at radius 1 is 1.04 bits per heavy atom. The highest BCUT2D eigenvalue weighted by Gasteiger charge is 2.31. The van der Waals surface area contributed by atoms with Crippen molar-refractivity contribution >= 4 is 15.9 Å². The summed E-state index contributed by atoms with van der Waals surface area (Å²) in [6.45, 7) is 0.660. The number of halogens is 2. The lowest BCUT2D eigenvalue weighted by Gasteiger charge is -2.33. The van der Waals surface area contributed by atoms with Gasteiger partial charge in [-0.25, -0.2) is 17.2 Å². The minimum absolute atomic E-state index is 0.0971. The quantitative estimate of drug-likeness (QED) is 0.823. The first-order valence-corrected chi connectivity index (χ1v) is 9.09. The Morgan fingerprint density at radius 2 is 1.72 bits per heavy atom. The molecule has 2 aromatic rings. The fourth-order valence-corrected chi connectivity index (χ4v) is 4.16. The summed E-state index contributed by atoms with van der Waals surface area (Å²) in [5.41, 5.74) is 0.541. The van der Waals surface area contributed by atoms with E-state index in [-0.39, 0.29) is 37.0 Å². The van der Waals surface area contributed by atoms with Crippen LogP contribution in [-0.2, 0) is 17.1 Å². The number of aryl methyl sites for hydroxylation is 1. The van der Waals surface area contributed by atoms with E-state index in [0.717, 1.165) is 12.1 Å². The van der Waals surface area contributed by atoms with Gasteiger partial charge in [-0.05, 0) is 24.3 Å². The summed E-state index contributed by atoms with van der Waals surface area (Å²) < 4.78 is 54.3. The number of benzene rings is 1. The van der Waals surface area contributed by atoms with Crippen LogP contribution in [0.4, 0.5) is 8.78 Å². The van der Waals surface area contributed by atoms with E-state index < -0.39 is 21.7 Å². The van der Waals surface area contributed by atoms with Gasteiger partial charge in [0.2, 0.25) is 10.0 Å². The summed E-state index contributed by atoms with van der Waals surface area (Å²) in [5, 5.41) is 0. The largest absolute Gasteiger partial charge is 0.356 e. The van der Waals surface area contributed by atoms with Crippen LogP contribution in [0.15, 0.2) is 41.6 Å². The molecular formula is C16H17F2N3O3S. The number of hydrogen-bond acceptors (Lipinski definition) is 3. The van der Waals surface area contributed by atoms with E-state index in [4.69, 9.17) is 0 Å². The van der Waals surface area contributed by atoms with Crippen molar-refractivity contribution in [3.05, 3.63) is 53.9 Å². The number of carbonyl (C=O) groups excluding carboxylic acids is 1. The second-order valence-electron chi connectivity index (χ2n) is 5.84. The van der Waals surface area contributed by atoms with Gasteiger partial charge in [0.1, 0.15) is 0 Å². The van der Waals surface area contributed by atoms with E-state index in [2.05, 4.69) is 0 Å². The molecule has 0 spiro atoms. The molecule has 1 aliphatic rings. The number of sulfonamides is 1. The van der Waals surface area contributed by atoms with E-state index in [1.54, 1.807) is 27.9 Å². The van der Waals surface area contributed by atoms with E-state index in [9.17, 15) is 22.0 Å². The summed E-state index contributed by atoms with van der Waals surface area (Å²) in [6.07, 6.45) is 3.46. The molecule has 9 heteroatoms. The van der Waals surface area contributed by atoms with Gasteiger partial charge in [-0.3, -0.25) is 4.79 Å². The van der Waals surface area contributed by atoms with Crippen LogP contribution in [0.5, 0.6) is 0 Å². The van der Waals surface area contributed by atoms with Crippen LogP contribution in [0.3, 0.4) is 0 Å². The topological polar surface area (TPSA) is 62.6 Å². The highest BCUT2D eigenvalue weighted by atomic mass is 32.2. The fourth-order valence-electron chi connectivity index (χ4n) is 2.73. The molecule has 0 N–H and O–H groups in total. The van der Waals surface area contributed by atoms with Gasteiger partial charge >= 0.3 is 0 Å². The molecule has 1 saturated heterocycles. The molecule has 0 atom stereocenters. The summed E-state index contributed by atoms with van der Waals surface area (Å²) in [7, 11) is -2.12. The number of rotatable bonds is 3. The Morgan fingerprint density at radius 3 is 2.28 bits per heavy atom. The Hall–Kier alpha value is -2.26. The van der Waals surface area contributed by atoms with Crippen LogP contribution in [-0.4, -0.2) is 54.3 Å². The Balaban J connectivity index is 1.71. The van der Waals surface area contributed by atoms with Crippen molar-refractivity contribution in [2.75, 3.05) is 26.2 Å². The van der Waals surface area contributed by atoms with Gasteiger partial charge in [0.15, 0.2) is 11.6 Å². The number of piperazine rings is 1. The number of nitrogens with zero attached hydrogens (tertiary/aromatic N) is 3. The molecule has 0 aliphatic carbocycles. The number of hydrogen-bond donors (Lipinski definition) is 0. The molecule has 1 aromatic carbocycles. The van der Waals surface area contributed by atoms with E-state index in [0.29, 0.717) is 11.6 Å². The zero-order valence-corrected chi connectivity index (χ0v) is 14.3. The molecule has 0 bridgehead atoms. The van der Waals surface area contributed by atoms with Gasteiger partial charge in [0.25, 0.3) is 5.91 Å². The predicted molar refractivity (Wildman–Crippen MR) is 86.4 cm³/mol. The summed E-state index contributed by atoms with van der Waals surface area (Å²) in [5.74, 6) is -2.47. The highest BCUT2D eigenvalue weighted by Crippen LogP contribution is 2.20. The lowest BCUT2D eigenvalue weighted by Crippen LogP contribution is -2.50. The summed E-state index contributed by atoms with van der Waals surface area (Å²) >= 11 is 0. The minimum Gasteiger partial charge on any atom is -0.356 e. The number of aromatic nitrogens is 1. The zero-order valence-electron chi connectivity index (χ0n) is 13.5. The molecule has 1 aliphatic heterocycles. The van der Waals surface area contributed by atoms with Crippen LogP contribution in [0.1, 0.15) is 10.4 Å². The SMILES string of the molecule is Cn1ccc(C(=O)N2CCN(S(=O)(=O)c3ccc(F)c(F)c3)CC2)c1. The smallest absolute Gasteiger partial charge is 0.255 e. The normalized spacial score (nSPS) is 16.2. The molecule has 3 rings (SSSR count). The highest BCUT2D eigenvalue weighted by molar-refractivity contribution is 7.89. The molecule has 6 nitrogen and oxygen atoms in total. The van der Waals surface area contributed by atoms with E-state index in [1.807, 2.05) is 7.05 Å². The minimum atomic E-state index is -3.93. The lowest BCUT2D eigenvalue weighted by molar-refractivity contribution is 0.0698. The Kier molecular flexibility index (Phi) is 4.61. The summed E-state index contributed by atoms with van der Waals surface area (Å²) in [4.78, 5) is 13.7. The maximum absolute atomic E-state index is 13.3. The lowest BCUT2D eigenvalue weighted by atomic mass is 10.2.